The molecule has 0 fully saturated rings. The minimum absolute atomic E-state index is 0.137. The molecule has 3 rings (SSSR count). The number of carbonyl (C=O) groups is 1. The second-order valence-electron chi connectivity index (χ2n) is 8.00. The Balaban J connectivity index is 1.70. The number of amides is 1. The van der Waals surface area contributed by atoms with Gasteiger partial charge in [0, 0.05) is 12.1 Å². The molecule has 0 aliphatic carbocycles. The van der Waals surface area contributed by atoms with Gasteiger partial charge in [0.1, 0.15) is 12.4 Å². The van der Waals surface area contributed by atoms with Crippen LogP contribution in [0.1, 0.15) is 31.9 Å². The van der Waals surface area contributed by atoms with Gasteiger partial charge in [-0.3, -0.25) is 4.79 Å². The molecule has 1 unspecified atom stereocenters. The molecule has 6 nitrogen and oxygen atoms in total. The summed E-state index contributed by atoms with van der Waals surface area (Å²) in [4.78, 5) is 12.8. The molecule has 2 aromatic carbocycles. The maximum absolute atomic E-state index is 12.7. The van der Waals surface area contributed by atoms with E-state index >= 15 is 0 Å². The van der Waals surface area contributed by atoms with Crippen molar-refractivity contribution < 1.29 is 17.9 Å². The van der Waals surface area contributed by atoms with Gasteiger partial charge in [0.05, 0.1) is 10.8 Å². The van der Waals surface area contributed by atoms with E-state index in [4.69, 9.17) is 4.74 Å². The molecule has 0 saturated heterocycles. The van der Waals surface area contributed by atoms with E-state index < -0.39 is 15.6 Å². The van der Waals surface area contributed by atoms with E-state index in [9.17, 15) is 13.2 Å². The van der Waals surface area contributed by atoms with E-state index in [1.807, 2.05) is 24.3 Å². The number of nitrogens with one attached hydrogen (secondary N) is 2. The van der Waals surface area contributed by atoms with Crippen molar-refractivity contribution in [3.63, 3.8) is 0 Å². The Morgan fingerprint density at radius 2 is 1.79 bits per heavy atom. The lowest BCUT2D eigenvalue weighted by Crippen LogP contribution is -2.41. The normalized spacial score (nSPS) is 16.8. The second kappa shape index (κ2) is 7.93. The molecule has 1 aliphatic rings. The first-order chi connectivity index (χ1) is 13.2. The van der Waals surface area contributed by atoms with Gasteiger partial charge in [-0.2, -0.15) is 0 Å². The molecule has 1 aliphatic heterocycles. The number of sulfonamides is 1. The van der Waals surface area contributed by atoms with Crippen LogP contribution in [0.2, 0.25) is 0 Å². The molecule has 2 N–H and O–H groups in total. The Hall–Kier alpha value is -2.38. The lowest BCUT2D eigenvalue weighted by Gasteiger charge is -2.25. The number of carbonyl (C=O) groups excluding carboxylic acids is 1. The van der Waals surface area contributed by atoms with E-state index in [0.717, 1.165) is 11.3 Å². The van der Waals surface area contributed by atoms with Gasteiger partial charge in [0.15, 0.2) is 0 Å². The number of fused-ring (bicyclic) bond motifs is 1. The molecule has 0 saturated carbocycles. The van der Waals surface area contributed by atoms with Crippen molar-refractivity contribution in [3.8, 4) is 5.75 Å². The van der Waals surface area contributed by atoms with E-state index in [0.29, 0.717) is 18.6 Å². The van der Waals surface area contributed by atoms with Crippen molar-refractivity contribution in [2.24, 2.45) is 5.92 Å². The van der Waals surface area contributed by atoms with Crippen molar-refractivity contribution >= 4 is 15.9 Å². The molecule has 0 radical (unpaired) electrons. The van der Waals surface area contributed by atoms with E-state index in [2.05, 4.69) is 10.0 Å². The Kier molecular flexibility index (Phi) is 5.76. The van der Waals surface area contributed by atoms with Crippen LogP contribution < -0.4 is 14.8 Å². The van der Waals surface area contributed by atoms with Crippen molar-refractivity contribution in [2.45, 2.75) is 44.2 Å². The molecule has 7 heteroatoms. The monoisotopic (exact) mass is 402 g/mol. The van der Waals surface area contributed by atoms with Crippen LogP contribution in [0.15, 0.2) is 53.4 Å². The minimum Gasteiger partial charge on any atom is -0.492 e. The summed E-state index contributed by atoms with van der Waals surface area (Å²) < 4.78 is 33.7. The SMILES string of the molecule is CC(C)(C)NS(=O)(=O)c1ccccc1CNC(=O)C1COc2ccccc2C1. The first kappa shape index (κ1) is 20.4. The van der Waals surface area contributed by atoms with Gasteiger partial charge in [-0.1, -0.05) is 36.4 Å². The van der Waals surface area contributed by atoms with Crippen LogP contribution in [0.3, 0.4) is 0 Å². The molecule has 0 bridgehead atoms. The van der Waals surface area contributed by atoms with E-state index in [1.54, 1.807) is 45.0 Å². The molecule has 0 spiro atoms. The zero-order valence-electron chi connectivity index (χ0n) is 16.4. The zero-order valence-corrected chi connectivity index (χ0v) is 17.2. The molecule has 1 atom stereocenters. The molecule has 150 valence electrons. The van der Waals surface area contributed by atoms with Crippen LogP contribution in [0.5, 0.6) is 5.75 Å². The predicted octanol–water partition coefficient (Wildman–Crippen LogP) is 2.63. The third-order valence-electron chi connectivity index (χ3n) is 4.41. The molecule has 0 aromatic heterocycles. The highest BCUT2D eigenvalue weighted by Crippen LogP contribution is 2.27. The largest absolute Gasteiger partial charge is 0.492 e. The second-order valence-corrected chi connectivity index (χ2v) is 9.65. The summed E-state index contributed by atoms with van der Waals surface area (Å²) >= 11 is 0. The number of rotatable bonds is 5. The Bertz CT molecular complexity index is 964. The maximum Gasteiger partial charge on any atom is 0.241 e. The molecule has 1 amide bonds. The quantitative estimate of drug-likeness (QED) is 0.805. The van der Waals surface area contributed by atoms with Crippen LogP contribution in [0.4, 0.5) is 0 Å². The summed E-state index contributed by atoms with van der Waals surface area (Å²) in [5.74, 6) is 0.369. The Labute approximate surface area is 166 Å². The van der Waals surface area contributed by atoms with Crippen LogP contribution in [-0.2, 0) is 27.8 Å². The zero-order chi connectivity index (χ0) is 20.4. The third kappa shape index (κ3) is 4.91. The predicted molar refractivity (Wildman–Crippen MR) is 107 cm³/mol. The fourth-order valence-corrected chi connectivity index (χ4v) is 4.85. The lowest BCUT2D eigenvalue weighted by atomic mass is 9.96. The van der Waals surface area contributed by atoms with Crippen LogP contribution >= 0.6 is 0 Å². The molecule has 1 heterocycles. The van der Waals surface area contributed by atoms with Gasteiger partial charge in [0.2, 0.25) is 15.9 Å². The molecule has 2 aromatic rings. The standard InChI is InChI=1S/C21H26N2O4S/c1-21(2,3)23-28(25,26)19-11-7-5-9-16(19)13-22-20(24)17-12-15-8-4-6-10-18(15)27-14-17/h4-11,17,23H,12-14H2,1-3H3,(H,22,24). The summed E-state index contributed by atoms with van der Waals surface area (Å²) in [5, 5.41) is 2.86. The van der Waals surface area contributed by atoms with Gasteiger partial charge in [-0.15, -0.1) is 0 Å². The van der Waals surface area contributed by atoms with Crippen molar-refractivity contribution in [2.75, 3.05) is 6.61 Å². The Morgan fingerprint density at radius 3 is 2.54 bits per heavy atom. The highest BCUT2D eigenvalue weighted by Gasteiger charge is 2.27. The van der Waals surface area contributed by atoms with Gasteiger partial charge in [-0.05, 0) is 50.5 Å². The minimum atomic E-state index is -3.69. The van der Waals surface area contributed by atoms with Gasteiger partial charge < -0.3 is 10.1 Å². The van der Waals surface area contributed by atoms with Crippen molar-refractivity contribution in [1.29, 1.82) is 0 Å². The number of hydrogen-bond donors (Lipinski definition) is 2. The van der Waals surface area contributed by atoms with E-state index in [-0.39, 0.29) is 23.3 Å². The van der Waals surface area contributed by atoms with Crippen molar-refractivity contribution in [3.05, 3.63) is 59.7 Å². The van der Waals surface area contributed by atoms with Crippen LogP contribution in [0, 0.1) is 5.92 Å². The first-order valence-electron chi connectivity index (χ1n) is 9.26. The number of ether oxygens (including phenoxy) is 1. The summed E-state index contributed by atoms with van der Waals surface area (Å²) in [6, 6.07) is 14.4. The van der Waals surface area contributed by atoms with Crippen LogP contribution in [-0.4, -0.2) is 26.5 Å². The average Bonchev–Trinajstić information content (AvgIpc) is 2.64. The van der Waals surface area contributed by atoms with E-state index in [1.165, 1.54) is 0 Å². The topological polar surface area (TPSA) is 84.5 Å². The molecule has 28 heavy (non-hydrogen) atoms. The van der Waals surface area contributed by atoms with Gasteiger partial charge in [-0.25, -0.2) is 13.1 Å². The molecular formula is C21H26N2O4S. The number of hydrogen-bond acceptors (Lipinski definition) is 4. The number of para-hydroxylation sites is 1. The van der Waals surface area contributed by atoms with Crippen molar-refractivity contribution in [1.82, 2.24) is 10.0 Å². The summed E-state index contributed by atoms with van der Waals surface area (Å²) in [7, 11) is -3.69. The summed E-state index contributed by atoms with van der Waals surface area (Å²) in [5.41, 5.74) is 0.957. The summed E-state index contributed by atoms with van der Waals surface area (Å²) in [6.07, 6.45) is 0.605. The fourth-order valence-electron chi connectivity index (χ4n) is 3.19. The van der Waals surface area contributed by atoms with Gasteiger partial charge in [0.25, 0.3) is 0 Å². The highest BCUT2D eigenvalue weighted by molar-refractivity contribution is 7.89. The number of benzene rings is 2. The van der Waals surface area contributed by atoms with Crippen LogP contribution in [0.25, 0.3) is 0 Å². The molecular weight excluding hydrogens is 376 g/mol. The summed E-state index contributed by atoms with van der Waals surface area (Å²) in [6.45, 7) is 5.81. The third-order valence-corrected chi connectivity index (χ3v) is 6.26. The maximum atomic E-state index is 12.7. The Morgan fingerprint density at radius 1 is 1.11 bits per heavy atom. The smallest absolute Gasteiger partial charge is 0.241 e. The first-order valence-corrected chi connectivity index (χ1v) is 10.7. The average molecular weight is 403 g/mol. The lowest BCUT2D eigenvalue weighted by molar-refractivity contribution is -0.126. The fraction of sp³-hybridized carbons (Fsp3) is 0.381. The van der Waals surface area contributed by atoms with Gasteiger partial charge >= 0.3 is 0 Å². The highest BCUT2D eigenvalue weighted by atomic mass is 32.2.